The topological polar surface area (TPSA) is 44.7 Å². The molecule has 0 bridgehead atoms. The largest absolute Gasteiger partial charge is 0.493 e. The van der Waals surface area contributed by atoms with E-state index in [9.17, 15) is 0 Å². The first kappa shape index (κ1) is 18.0. The molecular formula is C21H29N5O. The van der Waals surface area contributed by atoms with Crippen LogP contribution in [0.4, 0.5) is 11.8 Å². The third-order valence-corrected chi connectivity index (χ3v) is 5.67. The number of benzene rings is 1. The Morgan fingerprint density at radius 1 is 1.22 bits per heavy atom. The van der Waals surface area contributed by atoms with Gasteiger partial charge in [0.25, 0.3) is 0 Å². The first-order chi connectivity index (χ1) is 13.1. The molecule has 6 heteroatoms. The fraction of sp³-hybridized carbons (Fsp3) is 0.524. The molecule has 144 valence electrons. The summed E-state index contributed by atoms with van der Waals surface area (Å²) in [5.74, 6) is 2.83. The first-order valence-corrected chi connectivity index (χ1v) is 9.80. The maximum Gasteiger partial charge on any atom is 0.227 e. The van der Waals surface area contributed by atoms with Gasteiger partial charge < -0.3 is 19.4 Å². The van der Waals surface area contributed by atoms with Crippen molar-refractivity contribution < 1.29 is 4.74 Å². The highest BCUT2D eigenvalue weighted by molar-refractivity contribution is 5.43. The van der Waals surface area contributed by atoms with E-state index in [0.717, 1.165) is 63.0 Å². The van der Waals surface area contributed by atoms with Crippen molar-refractivity contribution in [2.75, 3.05) is 57.2 Å². The number of rotatable bonds is 6. The number of likely N-dealkylation sites (N-methyl/N-ethyl adjacent to an activating group) is 1. The zero-order valence-corrected chi connectivity index (χ0v) is 16.6. The summed E-state index contributed by atoms with van der Waals surface area (Å²) in [7, 11) is 6.13. The van der Waals surface area contributed by atoms with Crippen molar-refractivity contribution in [2.45, 2.75) is 25.3 Å². The van der Waals surface area contributed by atoms with Gasteiger partial charge in [0.2, 0.25) is 5.95 Å². The Morgan fingerprint density at radius 2 is 2.11 bits per heavy atom. The van der Waals surface area contributed by atoms with Crippen molar-refractivity contribution in [1.29, 1.82) is 0 Å². The lowest BCUT2D eigenvalue weighted by molar-refractivity contribution is 0.337. The van der Waals surface area contributed by atoms with Gasteiger partial charge in [-0.3, -0.25) is 0 Å². The molecule has 0 spiro atoms. The number of aromatic nitrogens is 2. The standard InChI is InChI=1S/C21H29N5O/c1-24(2)20-6-10-22-21(23-20)25(3)18-8-12-26(15-18)11-7-16-4-5-19-17(14-16)9-13-27-19/h4-6,10,14,18H,7-9,11-13,15H2,1-3H3. The molecule has 3 heterocycles. The molecule has 1 atom stereocenters. The summed E-state index contributed by atoms with van der Waals surface area (Å²) in [6.45, 7) is 4.13. The molecular weight excluding hydrogens is 338 g/mol. The van der Waals surface area contributed by atoms with Crippen molar-refractivity contribution in [2.24, 2.45) is 0 Å². The van der Waals surface area contributed by atoms with E-state index in [1.54, 1.807) is 0 Å². The number of ether oxygens (including phenoxy) is 1. The molecule has 0 saturated carbocycles. The van der Waals surface area contributed by atoms with E-state index in [4.69, 9.17) is 4.74 Å². The van der Waals surface area contributed by atoms with Crippen molar-refractivity contribution in [3.05, 3.63) is 41.6 Å². The second kappa shape index (κ2) is 7.72. The van der Waals surface area contributed by atoms with E-state index < -0.39 is 0 Å². The molecule has 0 amide bonds. The van der Waals surface area contributed by atoms with Gasteiger partial charge in [-0.1, -0.05) is 12.1 Å². The van der Waals surface area contributed by atoms with Gasteiger partial charge in [0.15, 0.2) is 0 Å². The molecule has 1 aromatic carbocycles. The van der Waals surface area contributed by atoms with Crippen LogP contribution < -0.4 is 14.5 Å². The summed E-state index contributed by atoms with van der Waals surface area (Å²) in [4.78, 5) is 16.0. The Hall–Kier alpha value is -2.34. The second-order valence-corrected chi connectivity index (χ2v) is 7.75. The number of fused-ring (bicyclic) bond motifs is 1. The normalized spacial score (nSPS) is 19.0. The summed E-state index contributed by atoms with van der Waals surface area (Å²) >= 11 is 0. The SMILES string of the molecule is CN(C)c1ccnc(N(C)C2CCN(CCc3ccc4c(c3)CCO4)C2)n1. The number of nitrogens with zero attached hydrogens (tertiary/aromatic N) is 5. The maximum absolute atomic E-state index is 5.61. The number of hydrogen-bond acceptors (Lipinski definition) is 6. The predicted molar refractivity (Wildman–Crippen MR) is 109 cm³/mol. The van der Waals surface area contributed by atoms with Crippen LogP contribution in [0.2, 0.25) is 0 Å². The molecule has 1 aromatic heterocycles. The molecule has 1 unspecified atom stereocenters. The predicted octanol–water partition coefficient (Wildman–Crippen LogP) is 2.23. The molecule has 2 aliphatic rings. The monoisotopic (exact) mass is 367 g/mol. The molecule has 27 heavy (non-hydrogen) atoms. The van der Waals surface area contributed by atoms with Crippen LogP contribution in [0.25, 0.3) is 0 Å². The lowest BCUT2D eigenvalue weighted by atomic mass is 10.1. The van der Waals surface area contributed by atoms with Crippen LogP contribution in [-0.4, -0.2) is 68.3 Å². The number of hydrogen-bond donors (Lipinski definition) is 0. The minimum absolute atomic E-state index is 0.468. The lowest BCUT2D eigenvalue weighted by Gasteiger charge is -2.25. The highest BCUT2D eigenvalue weighted by Gasteiger charge is 2.27. The zero-order chi connectivity index (χ0) is 18.8. The van der Waals surface area contributed by atoms with Crippen LogP contribution in [0.3, 0.4) is 0 Å². The van der Waals surface area contributed by atoms with Crippen LogP contribution in [0.15, 0.2) is 30.5 Å². The van der Waals surface area contributed by atoms with E-state index in [-0.39, 0.29) is 0 Å². The smallest absolute Gasteiger partial charge is 0.227 e. The molecule has 0 aliphatic carbocycles. The summed E-state index contributed by atoms with van der Waals surface area (Å²) in [6, 6.07) is 9.08. The lowest BCUT2D eigenvalue weighted by Crippen LogP contribution is -2.36. The van der Waals surface area contributed by atoms with Gasteiger partial charge in [-0.05, 0) is 36.1 Å². The van der Waals surface area contributed by atoms with E-state index >= 15 is 0 Å². The summed E-state index contributed by atoms with van der Waals surface area (Å²) in [5, 5.41) is 0. The van der Waals surface area contributed by atoms with Gasteiger partial charge in [0, 0.05) is 59.4 Å². The van der Waals surface area contributed by atoms with Crippen LogP contribution >= 0.6 is 0 Å². The summed E-state index contributed by atoms with van der Waals surface area (Å²) in [5.41, 5.74) is 2.78. The fourth-order valence-electron chi connectivity index (χ4n) is 3.94. The summed E-state index contributed by atoms with van der Waals surface area (Å²) < 4.78 is 5.61. The van der Waals surface area contributed by atoms with Gasteiger partial charge >= 0.3 is 0 Å². The highest BCUT2D eigenvalue weighted by atomic mass is 16.5. The van der Waals surface area contributed by atoms with Crippen molar-refractivity contribution in [1.82, 2.24) is 14.9 Å². The second-order valence-electron chi connectivity index (χ2n) is 7.75. The van der Waals surface area contributed by atoms with E-state index in [2.05, 4.69) is 45.0 Å². The quantitative estimate of drug-likeness (QED) is 0.780. The van der Waals surface area contributed by atoms with Gasteiger partial charge in [0.1, 0.15) is 11.6 Å². The minimum Gasteiger partial charge on any atom is -0.493 e. The highest BCUT2D eigenvalue weighted by Crippen LogP contribution is 2.26. The Balaban J connectivity index is 1.32. The minimum atomic E-state index is 0.468. The molecule has 1 fully saturated rings. The molecule has 4 rings (SSSR count). The Labute approximate surface area is 161 Å². The van der Waals surface area contributed by atoms with Crippen molar-refractivity contribution >= 4 is 11.8 Å². The molecule has 2 aromatic rings. The Morgan fingerprint density at radius 3 is 2.96 bits per heavy atom. The third-order valence-electron chi connectivity index (χ3n) is 5.67. The van der Waals surface area contributed by atoms with E-state index in [1.165, 1.54) is 11.1 Å². The van der Waals surface area contributed by atoms with Crippen molar-refractivity contribution in [3.8, 4) is 5.75 Å². The average molecular weight is 367 g/mol. The molecule has 2 aliphatic heterocycles. The fourth-order valence-corrected chi connectivity index (χ4v) is 3.94. The number of likely N-dealkylation sites (tertiary alicyclic amines) is 1. The van der Waals surface area contributed by atoms with Gasteiger partial charge in [-0.15, -0.1) is 0 Å². The van der Waals surface area contributed by atoms with Gasteiger partial charge in [0.05, 0.1) is 6.61 Å². The third kappa shape index (κ3) is 4.00. The van der Waals surface area contributed by atoms with Crippen molar-refractivity contribution in [3.63, 3.8) is 0 Å². The summed E-state index contributed by atoms with van der Waals surface area (Å²) in [6.07, 6.45) is 5.14. The van der Waals surface area contributed by atoms with Crippen LogP contribution in [0.5, 0.6) is 5.75 Å². The Bertz CT molecular complexity index is 794. The maximum atomic E-state index is 5.61. The molecule has 0 N–H and O–H groups in total. The molecule has 0 radical (unpaired) electrons. The molecule has 1 saturated heterocycles. The molecule has 6 nitrogen and oxygen atoms in total. The van der Waals surface area contributed by atoms with Gasteiger partial charge in [-0.25, -0.2) is 4.98 Å². The van der Waals surface area contributed by atoms with Crippen LogP contribution in [0, 0.1) is 0 Å². The van der Waals surface area contributed by atoms with Crippen LogP contribution in [-0.2, 0) is 12.8 Å². The van der Waals surface area contributed by atoms with E-state index in [1.807, 2.05) is 31.3 Å². The first-order valence-electron chi connectivity index (χ1n) is 9.80. The van der Waals surface area contributed by atoms with E-state index in [0.29, 0.717) is 6.04 Å². The van der Waals surface area contributed by atoms with Crippen LogP contribution in [0.1, 0.15) is 17.5 Å². The average Bonchev–Trinajstić information content (AvgIpc) is 3.34. The van der Waals surface area contributed by atoms with Gasteiger partial charge in [-0.2, -0.15) is 4.98 Å². The zero-order valence-electron chi connectivity index (χ0n) is 16.6. The Kier molecular flexibility index (Phi) is 5.16. The number of anilines is 2.